The van der Waals surface area contributed by atoms with Gasteiger partial charge in [-0.05, 0) is 18.6 Å². The number of hydrogen-bond acceptors (Lipinski definition) is 1. The summed E-state index contributed by atoms with van der Waals surface area (Å²) in [5.41, 5.74) is 7.85. The number of hydrogen-bond donors (Lipinski definition) is 2. The highest BCUT2D eigenvalue weighted by Gasteiger charge is 1.99. The molecule has 0 amide bonds. The SMILES string of the molecule is Cc1ccc(N)c2c[nH]cc12. The molecule has 0 unspecified atom stereocenters. The molecule has 0 saturated carbocycles. The van der Waals surface area contributed by atoms with E-state index in [1.165, 1.54) is 10.9 Å². The molecule has 1 aromatic carbocycles. The van der Waals surface area contributed by atoms with Crippen molar-refractivity contribution in [2.45, 2.75) is 6.92 Å². The van der Waals surface area contributed by atoms with Crippen molar-refractivity contribution in [2.24, 2.45) is 0 Å². The first kappa shape index (κ1) is 6.28. The van der Waals surface area contributed by atoms with Crippen LogP contribution in [0.2, 0.25) is 0 Å². The molecule has 1 aromatic heterocycles. The summed E-state index contributed by atoms with van der Waals surface area (Å²) < 4.78 is 0. The van der Waals surface area contributed by atoms with Gasteiger partial charge in [0, 0.05) is 28.9 Å². The molecule has 0 radical (unpaired) electrons. The van der Waals surface area contributed by atoms with Gasteiger partial charge in [0.15, 0.2) is 0 Å². The maximum absolute atomic E-state index is 5.75. The summed E-state index contributed by atoms with van der Waals surface area (Å²) in [4.78, 5) is 3.04. The lowest BCUT2D eigenvalue weighted by atomic mass is 10.1. The lowest BCUT2D eigenvalue weighted by Gasteiger charge is -1.97. The number of nitrogens with one attached hydrogen (secondary N) is 1. The molecule has 0 aliphatic rings. The third kappa shape index (κ3) is 0.792. The van der Waals surface area contributed by atoms with Crippen LogP contribution in [0.3, 0.4) is 0 Å². The number of H-pyrrole nitrogens is 1. The quantitative estimate of drug-likeness (QED) is 0.549. The molecule has 56 valence electrons. The molecule has 2 nitrogen and oxygen atoms in total. The van der Waals surface area contributed by atoms with Gasteiger partial charge in [-0.2, -0.15) is 0 Å². The largest absolute Gasteiger partial charge is 0.398 e. The Morgan fingerprint density at radius 2 is 1.91 bits per heavy atom. The van der Waals surface area contributed by atoms with Gasteiger partial charge < -0.3 is 10.7 Å². The summed E-state index contributed by atoms with van der Waals surface area (Å²) in [6.45, 7) is 2.08. The molecule has 0 aliphatic carbocycles. The number of aromatic nitrogens is 1. The van der Waals surface area contributed by atoms with Crippen molar-refractivity contribution in [3.05, 3.63) is 30.1 Å². The molecule has 2 heteroatoms. The van der Waals surface area contributed by atoms with Crippen molar-refractivity contribution in [1.29, 1.82) is 0 Å². The molecule has 0 aliphatic heterocycles. The molecule has 2 rings (SSSR count). The second-order valence-corrected chi connectivity index (χ2v) is 2.75. The van der Waals surface area contributed by atoms with Gasteiger partial charge in [-0.25, -0.2) is 0 Å². The fraction of sp³-hybridized carbons (Fsp3) is 0.111. The van der Waals surface area contributed by atoms with Crippen molar-refractivity contribution >= 4 is 16.5 Å². The Hall–Kier alpha value is -1.44. The summed E-state index contributed by atoms with van der Waals surface area (Å²) >= 11 is 0. The number of anilines is 1. The fourth-order valence-electron chi connectivity index (χ4n) is 1.32. The molecule has 0 fully saturated rings. The number of rotatable bonds is 0. The zero-order valence-corrected chi connectivity index (χ0v) is 6.39. The lowest BCUT2D eigenvalue weighted by molar-refractivity contribution is 1.42. The van der Waals surface area contributed by atoms with Crippen molar-refractivity contribution in [2.75, 3.05) is 5.73 Å². The third-order valence-electron chi connectivity index (χ3n) is 1.99. The van der Waals surface area contributed by atoms with E-state index in [2.05, 4.69) is 11.9 Å². The fourth-order valence-corrected chi connectivity index (χ4v) is 1.32. The van der Waals surface area contributed by atoms with E-state index in [4.69, 9.17) is 5.73 Å². The van der Waals surface area contributed by atoms with Crippen LogP contribution in [0.25, 0.3) is 10.8 Å². The summed E-state index contributed by atoms with van der Waals surface area (Å²) in [5.74, 6) is 0. The second kappa shape index (κ2) is 2.02. The number of aryl methyl sites for hydroxylation is 1. The standard InChI is InChI=1S/C9H10N2/c1-6-2-3-9(10)8-5-11-4-7(6)8/h2-5,11H,10H2,1H3. The molecule has 2 aromatic rings. The van der Waals surface area contributed by atoms with Gasteiger partial charge in [0.05, 0.1) is 0 Å². The van der Waals surface area contributed by atoms with Gasteiger partial charge in [-0.3, -0.25) is 0 Å². The van der Waals surface area contributed by atoms with E-state index in [0.717, 1.165) is 11.1 Å². The van der Waals surface area contributed by atoms with Crippen LogP contribution in [0, 0.1) is 6.92 Å². The first-order valence-corrected chi connectivity index (χ1v) is 3.60. The van der Waals surface area contributed by atoms with Crippen LogP contribution < -0.4 is 5.73 Å². The minimum Gasteiger partial charge on any atom is -0.398 e. The minimum atomic E-state index is 0.840. The Morgan fingerprint density at radius 1 is 1.18 bits per heavy atom. The Kier molecular flexibility index (Phi) is 1.15. The maximum Gasteiger partial charge on any atom is 0.0409 e. The van der Waals surface area contributed by atoms with E-state index in [-0.39, 0.29) is 0 Å². The van der Waals surface area contributed by atoms with Gasteiger partial charge in [-0.15, -0.1) is 0 Å². The predicted octanol–water partition coefficient (Wildman–Crippen LogP) is 2.06. The van der Waals surface area contributed by atoms with Gasteiger partial charge in [-0.1, -0.05) is 6.07 Å². The smallest absolute Gasteiger partial charge is 0.0409 e. The van der Waals surface area contributed by atoms with Crippen molar-refractivity contribution in [1.82, 2.24) is 4.98 Å². The van der Waals surface area contributed by atoms with Crippen LogP contribution in [0.4, 0.5) is 5.69 Å². The molecule has 3 N–H and O–H groups in total. The third-order valence-corrected chi connectivity index (χ3v) is 1.99. The minimum absolute atomic E-state index is 0.840. The van der Waals surface area contributed by atoms with Gasteiger partial charge >= 0.3 is 0 Å². The highest BCUT2D eigenvalue weighted by Crippen LogP contribution is 2.23. The normalized spacial score (nSPS) is 10.6. The topological polar surface area (TPSA) is 41.8 Å². The summed E-state index contributed by atoms with van der Waals surface area (Å²) in [5, 5.41) is 2.33. The summed E-state index contributed by atoms with van der Waals surface area (Å²) in [6, 6.07) is 3.97. The first-order valence-electron chi connectivity index (χ1n) is 3.60. The van der Waals surface area contributed by atoms with Gasteiger partial charge in [0.2, 0.25) is 0 Å². The van der Waals surface area contributed by atoms with E-state index in [9.17, 15) is 0 Å². The van der Waals surface area contributed by atoms with Gasteiger partial charge in [0.1, 0.15) is 0 Å². The summed E-state index contributed by atoms with van der Waals surface area (Å²) in [6.07, 6.45) is 3.90. The van der Waals surface area contributed by atoms with Crippen LogP contribution in [0.5, 0.6) is 0 Å². The highest BCUT2D eigenvalue weighted by atomic mass is 14.7. The van der Waals surface area contributed by atoms with Gasteiger partial charge in [0.25, 0.3) is 0 Å². The van der Waals surface area contributed by atoms with E-state index < -0.39 is 0 Å². The predicted molar refractivity (Wildman–Crippen MR) is 47.4 cm³/mol. The molecule has 0 bridgehead atoms. The van der Waals surface area contributed by atoms with E-state index in [0.29, 0.717) is 0 Å². The zero-order valence-electron chi connectivity index (χ0n) is 6.39. The molecule has 0 spiro atoms. The molecule has 1 heterocycles. The van der Waals surface area contributed by atoms with E-state index >= 15 is 0 Å². The average Bonchev–Trinajstić information content (AvgIpc) is 2.45. The van der Waals surface area contributed by atoms with Crippen LogP contribution in [-0.2, 0) is 0 Å². The Balaban J connectivity index is 2.96. The number of fused-ring (bicyclic) bond motifs is 1. The average molecular weight is 146 g/mol. The molecule has 0 saturated heterocycles. The highest BCUT2D eigenvalue weighted by molar-refractivity contribution is 5.94. The molecule has 11 heavy (non-hydrogen) atoms. The van der Waals surface area contributed by atoms with Crippen LogP contribution in [0.1, 0.15) is 5.56 Å². The van der Waals surface area contributed by atoms with Crippen molar-refractivity contribution in [3.8, 4) is 0 Å². The number of nitrogen functional groups attached to an aromatic ring is 1. The van der Waals surface area contributed by atoms with Crippen LogP contribution >= 0.6 is 0 Å². The van der Waals surface area contributed by atoms with Crippen LogP contribution in [-0.4, -0.2) is 4.98 Å². The molecular weight excluding hydrogens is 136 g/mol. The second-order valence-electron chi connectivity index (χ2n) is 2.75. The monoisotopic (exact) mass is 146 g/mol. The Morgan fingerprint density at radius 3 is 2.64 bits per heavy atom. The first-order chi connectivity index (χ1) is 5.29. The number of nitrogens with two attached hydrogens (primary N) is 1. The van der Waals surface area contributed by atoms with Crippen LogP contribution in [0.15, 0.2) is 24.5 Å². The Bertz CT molecular complexity index is 351. The number of benzene rings is 1. The molecular formula is C9H10N2. The van der Waals surface area contributed by atoms with E-state index in [1.54, 1.807) is 0 Å². The lowest BCUT2D eigenvalue weighted by Crippen LogP contribution is -1.85. The van der Waals surface area contributed by atoms with E-state index in [1.807, 2.05) is 24.5 Å². The maximum atomic E-state index is 5.75. The number of aromatic amines is 1. The zero-order chi connectivity index (χ0) is 7.84. The van der Waals surface area contributed by atoms with Crippen molar-refractivity contribution in [3.63, 3.8) is 0 Å². The molecule has 0 atom stereocenters. The summed E-state index contributed by atoms with van der Waals surface area (Å²) in [7, 11) is 0. The Labute approximate surface area is 65.0 Å². The van der Waals surface area contributed by atoms with Crippen molar-refractivity contribution < 1.29 is 0 Å².